The summed E-state index contributed by atoms with van der Waals surface area (Å²) in [6.45, 7) is 0. The number of hydrogen-bond acceptors (Lipinski definition) is 2. The van der Waals surface area contributed by atoms with E-state index in [1.165, 1.54) is 12.1 Å². The molecule has 0 saturated heterocycles. The number of anilines is 6. The SMILES string of the molecule is Fc1cc(F)c2c(c1)c1cc(N(c3ccccc3)c3ccccc3)ccc1c1cc3c(cc12)c1ccc(N(c2ccccc2)c2ccccc2)cc1c1cc(F)cc(F)c13. The standard InChI is InChI=1S/C54H32F4N2/c55-33-25-47-43-29-39(59(35-13-5-1-6-14-35)36-15-7-2-8-16-36)21-23-41(43)45-31-50-46(32-49(45)53(47)51(57)27-33)42-24-22-40(30-44(42)48-26-34(56)28-52(58)54(48)50)60(37-17-9-3-10-18-37)38-19-11-4-12-20-38/h1-32H. The summed E-state index contributed by atoms with van der Waals surface area (Å²) in [4.78, 5) is 4.19. The minimum absolute atomic E-state index is 0.257. The van der Waals surface area contributed by atoms with Crippen molar-refractivity contribution in [2.45, 2.75) is 0 Å². The van der Waals surface area contributed by atoms with Gasteiger partial charge in [0.2, 0.25) is 0 Å². The van der Waals surface area contributed by atoms with E-state index in [4.69, 9.17) is 0 Å². The Bertz CT molecular complexity index is 3160. The average Bonchev–Trinajstić information content (AvgIpc) is 3.27. The van der Waals surface area contributed by atoms with Crippen LogP contribution in [0.15, 0.2) is 194 Å². The maximum Gasteiger partial charge on any atom is 0.134 e. The van der Waals surface area contributed by atoms with Crippen LogP contribution >= 0.6 is 0 Å². The summed E-state index contributed by atoms with van der Waals surface area (Å²) in [5.41, 5.74) is 5.24. The molecule has 0 aliphatic rings. The molecule has 0 saturated carbocycles. The van der Waals surface area contributed by atoms with Crippen LogP contribution in [0.5, 0.6) is 0 Å². The molecule has 11 aromatic carbocycles. The molecule has 0 N–H and O–H groups in total. The molecule has 286 valence electrons. The summed E-state index contributed by atoms with van der Waals surface area (Å²) in [7, 11) is 0. The summed E-state index contributed by atoms with van der Waals surface area (Å²) in [6.07, 6.45) is 0. The number of halogens is 4. The largest absolute Gasteiger partial charge is 0.310 e. The molecule has 11 aromatic rings. The van der Waals surface area contributed by atoms with E-state index >= 15 is 17.6 Å². The number of nitrogens with zero attached hydrogens (tertiary/aromatic N) is 2. The predicted octanol–water partition coefficient (Wildman–Crippen LogP) is 16.1. The van der Waals surface area contributed by atoms with Crippen molar-refractivity contribution in [1.29, 1.82) is 0 Å². The maximum atomic E-state index is 16.5. The summed E-state index contributed by atoms with van der Waals surface area (Å²) in [5, 5.41) is 6.52. The molecular formula is C54H32F4N2. The smallest absolute Gasteiger partial charge is 0.134 e. The summed E-state index contributed by atoms with van der Waals surface area (Å²) < 4.78 is 63.6. The van der Waals surface area contributed by atoms with Gasteiger partial charge in [-0.3, -0.25) is 0 Å². The van der Waals surface area contributed by atoms with Crippen molar-refractivity contribution in [2.75, 3.05) is 9.80 Å². The summed E-state index contributed by atoms with van der Waals surface area (Å²) in [6, 6.07) is 59.9. The van der Waals surface area contributed by atoms with Gasteiger partial charge in [0.05, 0.1) is 0 Å². The quantitative estimate of drug-likeness (QED) is 0.0941. The second-order valence-corrected chi connectivity index (χ2v) is 15.0. The topological polar surface area (TPSA) is 6.48 Å². The lowest BCUT2D eigenvalue weighted by Gasteiger charge is -2.26. The van der Waals surface area contributed by atoms with E-state index in [1.54, 1.807) is 0 Å². The van der Waals surface area contributed by atoms with Gasteiger partial charge < -0.3 is 9.80 Å². The lowest BCUT2D eigenvalue weighted by Crippen LogP contribution is -2.09. The molecule has 0 heterocycles. The Balaban J connectivity index is 1.23. The molecule has 0 bridgehead atoms. The lowest BCUT2D eigenvalue weighted by atomic mass is 9.88. The van der Waals surface area contributed by atoms with Crippen molar-refractivity contribution in [3.05, 3.63) is 217 Å². The molecule has 0 radical (unpaired) electrons. The molecule has 0 aliphatic heterocycles. The minimum Gasteiger partial charge on any atom is -0.310 e. The van der Waals surface area contributed by atoms with E-state index in [-0.39, 0.29) is 10.8 Å². The number of fused-ring (bicyclic) bond motifs is 12. The van der Waals surface area contributed by atoms with Gasteiger partial charge in [0.1, 0.15) is 23.3 Å². The molecule has 0 aliphatic carbocycles. The van der Waals surface area contributed by atoms with Crippen molar-refractivity contribution in [1.82, 2.24) is 0 Å². The highest BCUT2D eigenvalue weighted by molar-refractivity contribution is 6.33. The minimum atomic E-state index is -0.702. The van der Waals surface area contributed by atoms with Crippen LogP contribution in [0.3, 0.4) is 0 Å². The number of hydrogen-bond donors (Lipinski definition) is 0. The van der Waals surface area contributed by atoms with Gasteiger partial charge in [0.25, 0.3) is 0 Å². The monoisotopic (exact) mass is 784 g/mol. The van der Waals surface area contributed by atoms with Gasteiger partial charge in [-0.05, 0) is 151 Å². The number of benzene rings is 11. The Hall–Kier alpha value is -7.70. The van der Waals surface area contributed by atoms with Crippen LogP contribution in [-0.4, -0.2) is 0 Å². The third-order valence-electron chi connectivity index (χ3n) is 11.5. The molecule has 6 heteroatoms. The third kappa shape index (κ3) is 5.71. The second-order valence-electron chi connectivity index (χ2n) is 15.0. The zero-order valence-electron chi connectivity index (χ0n) is 31.9. The highest BCUT2D eigenvalue weighted by Gasteiger charge is 2.22. The van der Waals surface area contributed by atoms with Crippen LogP contribution < -0.4 is 9.80 Å². The molecule has 2 nitrogen and oxygen atoms in total. The molecule has 0 unspecified atom stereocenters. The molecule has 0 amide bonds. The van der Waals surface area contributed by atoms with E-state index < -0.39 is 23.3 Å². The molecule has 0 aromatic heterocycles. The van der Waals surface area contributed by atoms with Gasteiger partial charge >= 0.3 is 0 Å². The van der Waals surface area contributed by atoms with Crippen LogP contribution in [0.1, 0.15) is 0 Å². The van der Waals surface area contributed by atoms with Crippen LogP contribution in [0.2, 0.25) is 0 Å². The predicted molar refractivity (Wildman–Crippen MR) is 241 cm³/mol. The molecule has 0 spiro atoms. The Kier molecular flexibility index (Phi) is 8.27. The highest BCUT2D eigenvalue weighted by atomic mass is 19.1. The molecule has 0 atom stereocenters. The van der Waals surface area contributed by atoms with Gasteiger partial charge in [-0.2, -0.15) is 0 Å². The van der Waals surface area contributed by atoms with Crippen LogP contribution in [0.4, 0.5) is 51.7 Å². The zero-order chi connectivity index (χ0) is 40.5. The number of rotatable bonds is 6. The van der Waals surface area contributed by atoms with Crippen LogP contribution in [0.25, 0.3) is 64.6 Å². The first-order chi connectivity index (χ1) is 29.4. The van der Waals surface area contributed by atoms with Crippen molar-refractivity contribution >= 4 is 98.8 Å². The highest BCUT2D eigenvalue weighted by Crippen LogP contribution is 2.47. The maximum absolute atomic E-state index is 16.5. The summed E-state index contributed by atoms with van der Waals surface area (Å²) >= 11 is 0. The fraction of sp³-hybridized carbons (Fsp3) is 0. The fourth-order valence-electron chi connectivity index (χ4n) is 9.04. The molecule has 60 heavy (non-hydrogen) atoms. The van der Waals surface area contributed by atoms with Crippen molar-refractivity contribution in [3.63, 3.8) is 0 Å². The van der Waals surface area contributed by atoms with E-state index in [9.17, 15) is 0 Å². The second kappa shape index (κ2) is 14.0. The van der Waals surface area contributed by atoms with Crippen molar-refractivity contribution in [3.8, 4) is 0 Å². The van der Waals surface area contributed by atoms with E-state index in [2.05, 4.69) is 9.80 Å². The molecular weight excluding hydrogens is 753 g/mol. The van der Waals surface area contributed by atoms with Gasteiger partial charge in [-0.1, -0.05) is 84.9 Å². The molecule has 0 fully saturated rings. The summed E-state index contributed by atoms with van der Waals surface area (Å²) in [5.74, 6) is -2.79. The zero-order valence-corrected chi connectivity index (χ0v) is 31.9. The van der Waals surface area contributed by atoms with Crippen LogP contribution in [-0.2, 0) is 0 Å². The normalized spacial score (nSPS) is 11.7. The Morgan fingerprint density at radius 2 is 0.533 bits per heavy atom. The molecule has 11 rings (SSSR count). The van der Waals surface area contributed by atoms with Gasteiger partial charge in [0, 0.05) is 57.0 Å². The van der Waals surface area contributed by atoms with E-state index in [0.29, 0.717) is 43.1 Å². The first-order valence-corrected chi connectivity index (χ1v) is 19.7. The average molecular weight is 785 g/mol. The van der Waals surface area contributed by atoms with Gasteiger partial charge in [-0.25, -0.2) is 17.6 Å². The fourth-order valence-corrected chi connectivity index (χ4v) is 9.04. The number of para-hydroxylation sites is 4. The Morgan fingerprint density at radius 3 is 0.867 bits per heavy atom. The van der Waals surface area contributed by atoms with Gasteiger partial charge in [-0.15, -0.1) is 0 Å². The first kappa shape index (κ1) is 35.5. The third-order valence-corrected chi connectivity index (χ3v) is 11.5. The van der Waals surface area contributed by atoms with E-state index in [1.807, 2.05) is 170 Å². The van der Waals surface area contributed by atoms with E-state index in [0.717, 1.165) is 57.0 Å². The van der Waals surface area contributed by atoms with Gasteiger partial charge in [0.15, 0.2) is 0 Å². The Morgan fingerprint density at radius 1 is 0.233 bits per heavy atom. The van der Waals surface area contributed by atoms with Crippen molar-refractivity contribution in [2.24, 2.45) is 0 Å². The Labute approximate surface area is 342 Å². The lowest BCUT2D eigenvalue weighted by molar-refractivity contribution is 0.592. The first-order valence-electron chi connectivity index (χ1n) is 19.7. The van der Waals surface area contributed by atoms with Crippen molar-refractivity contribution < 1.29 is 17.6 Å². The van der Waals surface area contributed by atoms with Crippen LogP contribution in [0, 0.1) is 23.3 Å².